The minimum absolute atomic E-state index is 0.0453. The van der Waals surface area contributed by atoms with Gasteiger partial charge in [0.2, 0.25) is 0 Å². The van der Waals surface area contributed by atoms with Crippen molar-refractivity contribution in [3.8, 4) is 5.75 Å². The van der Waals surface area contributed by atoms with Gasteiger partial charge in [0.1, 0.15) is 5.75 Å². The maximum atomic E-state index is 12.6. The van der Waals surface area contributed by atoms with Crippen LogP contribution in [0, 0.1) is 0 Å². The minimum atomic E-state index is -0.251. The number of amides is 1. The number of rotatable bonds is 5. The van der Waals surface area contributed by atoms with E-state index in [0.717, 1.165) is 10.9 Å². The van der Waals surface area contributed by atoms with Gasteiger partial charge in [0, 0.05) is 30.8 Å². The van der Waals surface area contributed by atoms with Gasteiger partial charge in [-0.2, -0.15) is 0 Å². The number of aromatic hydroxyl groups is 1. The average Bonchev–Trinajstić information content (AvgIpc) is 2.94. The molecule has 0 unspecified atom stereocenters. The van der Waals surface area contributed by atoms with Crippen LogP contribution in [-0.2, 0) is 11.3 Å². The Morgan fingerprint density at radius 1 is 1.17 bits per heavy atom. The van der Waals surface area contributed by atoms with E-state index in [1.165, 1.54) is 6.07 Å². The highest BCUT2D eigenvalue weighted by Gasteiger charge is 2.15. The monoisotopic (exact) mass is 310 g/mol. The predicted octanol–water partition coefficient (Wildman–Crippen LogP) is 3.25. The van der Waals surface area contributed by atoms with Crippen LogP contribution >= 0.6 is 0 Å². The normalized spacial score (nSPS) is 10.8. The molecule has 23 heavy (non-hydrogen) atoms. The van der Waals surface area contributed by atoms with Gasteiger partial charge in [0.25, 0.3) is 5.91 Å². The second-order valence-electron chi connectivity index (χ2n) is 5.22. The van der Waals surface area contributed by atoms with Crippen molar-refractivity contribution in [1.29, 1.82) is 0 Å². The number of benzene rings is 2. The van der Waals surface area contributed by atoms with E-state index in [1.807, 2.05) is 35.0 Å². The Morgan fingerprint density at radius 3 is 2.70 bits per heavy atom. The average molecular weight is 310 g/mol. The molecule has 0 radical (unpaired) electrons. The van der Waals surface area contributed by atoms with Crippen LogP contribution in [0.1, 0.15) is 10.4 Å². The van der Waals surface area contributed by atoms with Gasteiger partial charge in [0.15, 0.2) is 0 Å². The van der Waals surface area contributed by atoms with Crippen molar-refractivity contribution >= 4 is 22.5 Å². The number of hydrogen-bond acceptors (Lipinski definition) is 3. The number of carbonyl (C=O) groups is 1. The maximum absolute atomic E-state index is 12.6. The first-order chi connectivity index (χ1) is 11.2. The molecule has 2 aromatic carbocycles. The second kappa shape index (κ2) is 6.54. The molecule has 118 valence electrons. The fourth-order valence-electron chi connectivity index (χ4n) is 2.57. The molecule has 5 heteroatoms. The van der Waals surface area contributed by atoms with Gasteiger partial charge in [-0.25, -0.2) is 0 Å². The summed E-state index contributed by atoms with van der Waals surface area (Å²) in [6.07, 6.45) is 1.82. The lowest BCUT2D eigenvalue weighted by Crippen LogP contribution is -2.11. The highest BCUT2D eigenvalue weighted by Crippen LogP contribution is 2.25. The van der Waals surface area contributed by atoms with Gasteiger partial charge >= 0.3 is 0 Å². The Bertz CT molecular complexity index is 839. The van der Waals surface area contributed by atoms with E-state index in [9.17, 15) is 9.90 Å². The van der Waals surface area contributed by atoms with E-state index >= 15 is 0 Å². The Morgan fingerprint density at radius 2 is 1.91 bits per heavy atom. The molecule has 3 aromatic rings. The highest BCUT2D eigenvalue weighted by atomic mass is 16.5. The molecule has 1 amide bonds. The van der Waals surface area contributed by atoms with Crippen molar-refractivity contribution in [2.45, 2.75) is 6.54 Å². The van der Waals surface area contributed by atoms with Crippen LogP contribution in [0.15, 0.2) is 54.7 Å². The number of aromatic nitrogens is 1. The van der Waals surface area contributed by atoms with Crippen LogP contribution < -0.4 is 5.32 Å². The van der Waals surface area contributed by atoms with Crippen molar-refractivity contribution in [3.63, 3.8) is 0 Å². The fraction of sp³-hybridized carbons (Fsp3) is 0.167. The zero-order valence-electron chi connectivity index (χ0n) is 12.8. The van der Waals surface area contributed by atoms with Crippen molar-refractivity contribution < 1.29 is 14.6 Å². The van der Waals surface area contributed by atoms with Crippen molar-refractivity contribution in [2.24, 2.45) is 0 Å². The highest BCUT2D eigenvalue weighted by molar-refractivity contribution is 6.13. The number of phenolic OH excluding ortho intramolecular Hbond substituents is 1. The fourth-order valence-corrected chi connectivity index (χ4v) is 2.57. The Kier molecular flexibility index (Phi) is 4.30. The third-order valence-corrected chi connectivity index (χ3v) is 3.72. The first-order valence-electron chi connectivity index (χ1n) is 7.37. The minimum Gasteiger partial charge on any atom is -0.506 e. The largest absolute Gasteiger partial charge is 0.506 e. The number of hydrogen-bond donors (Lipinski definition) is 2. The molecule has 5 nitrogen and oxygen atoms in total. The quantitative estimate of drug-likeness (QED) is 0.711. The number of phenols is 1. The molecule has 2 N–H and O–H groups in total. The maximum Gasteiger partial charge on any atom is 0.257 e. The molecule has 1 heterocycles. The topological polar surface area (TPSA) is 63.5 Å². The zero-order chi connectivity index (χ0) is 16.2. The Balaban J connectivity index is 1.95. The molecule has 0 aliphatic rings. The third kappa shape index (κ3) is 3.05. The molecule has 0 saturated carbocycles. The smallest absolute Gasteiger partial charge is 0.257 e. The molecule has 0 atom stereocenters. The van der Waals surface area contributed by atoms with Crippen molar-refractivity contribution in [3.05, 3.63) is 60.3 Å². The van der Waals surface area contributed by atoms with Crippen LogP contribution in [0.3, 0.4) is 0 Å². The number of nitrogens with zero attached hydrogens (tertiary/aromatic N) is 1. The van der Waals surface area contributed by atoms with E-state index in [1.54, 1.807) is 25.3 Å². The lowest BCUT2D eigenvalue weighted by molar-refractivity contribution is 0.102. The van der Waals surface area contributed by atoms with Gasteiger partial charge in [-0.1, -0.05) is 30.3 Å². The van der Waals surface area contributed by atoms with Crippen LogP contribution in [-0.4, -0.2) is 29.3 Å². The molecule has 0 bridgehead atoms. The van der Waals surface area contributed by atoms with Crippen LogP contribution in [0.2, 0.25) is 0 Å². The van der Waals surface area contributed by atoms with Crippen LogP contribution in [0.4, 0.5) is 5.69 Å². The molecule has 3 rings (SSSR count). The summed E-state index contributed by atoms with van der Waals surface area (Å²) in [4.78, 5) is 12.6. The summed E-state index contributed by atoms with van der Waals surface area (Å²) in [5, 5.41) is 13.4. The standard InChI is InChI=1S/C18H18N2O3/c1-23-11-10-20-12-14(13-6-2-4-8-16(13)20)18(22)19-15-7-3-5-9-17(15)21/h2-9,12,21H,10-11H2,1H3,(H,19,22). The van der Waals surface area contributed by atoms with E-state index in [2.05, 4.69) is 5.32 Å². The van der Waals surface area contributed by atoms with Crippen molar-refractivity contribution in [2.75, 3.05) is 19.0 Å². The summed E-state index contributed by atoms with van der Waals surface area (Å²) in [5.74, 6) is -0.206. The number of fused-ring (bicyclic) bond motifs is 1. The van der Waals surface area contributed by atoms with Gasteiger partial charge in [-0.05, 0) is 18.2 Å². The van der Waals surface area contributed by atoms with Gasteiger partial charge in [0.05, 0.1) is 17.9 Å². The van der Waals surface area contributed by atoms with E-state index in [0.29, 0.717) is 24.4 Å². The van der Waals surface area contributed by atoms with E-state index in [-0.39, 0.29) is 11.7 Å². The first-order valence-corrected chi connectivity index (χ1v) is 7.37. The molecular weight excluding hydrogens is 292 g/mol. The lowest BCUT2D eigenvalue weighted by Gasteiger charge is -2.06. The number of methoxy groups -OCH3 is 1. The predicted molar refractivity (Wildman–Crippen MR) is 89.9 cm³/mol. The SMILES string of the molecule is COCCn1cc(C(=O)Nc2ccccc2O)c2ccccc21. The Labute approximate surface area is 134 Å². The van der Waals surface area contributed by atoms with Gasteiger partial charge < -0.3 is 19.7 Å². The Hall–Kier alpha value is -2.79. The molecule has 0 fully saturated rings. The lowest BCUT2D eigenvalue weighted by atomic mass is 10.1. The molecule has 0 saturated heterocycles. The van der Waals surface area contributed by atoms with Crippen LogP contribution in [0.25, 0.3) is 10.9 Å². The molecular formula is C18H18N2O3. The number of carbonyl (C=O) groups excluding carboxylic acids is 1. The van der Waals surface area contributed by atoms with Crippen molar-refractivity contribution in [1.82, 2.24) is 4.57 Å². The van der Waals surface area contributed by atoms with Gasteiger partial charge in [-0.3, -0.25) is 4.79 Å². The number of ether oxygens (including phenoxy) is 1. The zero-order valence-corrected chi connectivity index (χ0v) is 12.8. The summed E-state index contributed by atoms with van der Waals surface area (Å²) < 4.78 is 7.12. The summed E-state index contributed by atoms with van der Waals surface area (Å²) in [6, 6.07) is 14.4. The number of anilines is 1. The van der Waals surface area contributed by atoms with E-state index in [4.69, 9.17) is 4.74 Å². The van der Waals surface area contributed by atoms with Gasteiger partial charge in [-0.15, -0.1) is 0 Å². The number of nitrogens with one attached hydrogen (secondary N) is 1. The molecule has 1 aromatic heterocycles. The summed E-state index contributed by atoms with van der Waals surface area (Å²) in [7, 11) is 1.65. The van der Waals surface area contributed by atoms with Crippen LogP contribution in [0.5, 0.6) is 5.75 Å². The van der Waals surface area contributed by atoms with E-state index < -0.39 is 0 Å². The number of para-hydroxylation sites is 3. The third-order valence-electron chi connectivity index (χ3n) is 3.72. The second-order valence-corrected chi connectivity index (χ2v) is 5.22. The summed E-state index contributed by atoms with van der Waals surface area (Å²) in [5.41, 5.74) is 1.94. The summed E-state index contributed by atoms with van der Waals surface area (Å²) >= 11 is 0. The summed E-state index contributed by atoms with van der Waals surface area (Å²) in [6.45, 7) is 1.24. The molecule has 0 aliphatic carbocycles. The first kappa shape index (κ1) is 15.1. The molecule has 0 aliphatic heterocycles. The molecule has 0 spiro atoms.